The highest BCUT2D eigenvalue weighted by molar-refractivity contribution is 5.58. The summed E-state index contributed by atoms with van der Waals surface area (Å²) in [6.45, 7) is 0.947. The van der Waals surface area contributed by atoms with Crippen LogP contribution in [-0.2, 0) is 0 Å². The van der Waals surface area contributed by atoms with Crippen molar-refractivity contribution < 1.29 is 5.11 Å². The molecule has 0 unspecified atom stereocenters. The monoisotopic (exact) mass is 244 g/mol. The third-order valence-electron chi connectivity index (χ3n) is 2.65. The van der Waals surface area contributed by atoms with Crippen molar-refractivity contribution in [3.8, 4) is 11.3 Å². The zero-order valence-corrected chi connectivity index (χ0v) is 10.3. The highest BCUT2D eigenvalue weighted by atomic mass is 16.3. The summed E-state index contributed by atoms with van der Waals surface area (Å²) in [5.41, 5.74) is 1.76. The summed E-state index contributed by atoms with van der Waals surface area (Å²) in [5, 5.41) is 17.1. The summed E-state index contributed by atoms with van der Waals surface area (Å²) in [6, 6.07) is 7.67. The van der Waals surface area contributed by atoms with Crippen molar-refractivity contribution in [1.82, 2.24) is 15.2 Å². The topological polar surface area (TPSA) is 62.1 Å². The molecule has 0 aliphatic rings. The van der Waals surface area contributed by atoms with E-state index in [4.69, 9.17) is 5.11 Å². The Morgan fingerprint density at radius 1 is 1.22 bits per heavy atom. The van der Waals surface area contributed by atoms with Gasteiger partial charge in [0.2, 0.25) is 0 Å². The zero-order chi connectivity index (χ0) is 12.8. The Morgan fingerprint density at radius 3 is 2.72 bits per heavy atom. The Labute approximate surface area is 106 Å². The molecule has 0 saturated carbocycles. The number of hydrogen-bond acceptors (Lipinski definition) is 5. The fourth-order valence-corrected chi connectivity index (χ4v) is 1.62. The zero-order valence-electron chi connectivity index (χ0n) is 10.3. The Balaban J connectivity index is 2.10. The average molecular weight is 244 g/mol. The SMILES string of the molecule is CN(CCCO)c1ccc(-c2cccnc2)nn1. The molecule has 94 valence electrons. The first-order valence-corrected chi connectivity index (χ1v) is 5.87. The van der Waals surface area contributed by atoms with Crippen LogP contribution in [0.4, 0.5) is 5.82 Å². The van der Waals surface area contributed by atoms with E-state index in [1.807, 2.05) is 36.2 Å². The summed E-state index contributed by atoms with van der Waals surface area (Å²) in [5.74, 6) is 0.802. The molecule has 5 nitrogen and oxygen atoms in total. The van der Waals surface area contributed by atoms with Crippen LogP contribution >= 0.6 is 0 Å². The van der Waals surface area contributed by atoms with Gasteiger partial charge < -0.3 is 10.0 Å². The lowest BCUT2D eigenvalue weighted by atomic mass is 10.2. The fourth-order valence-electron chi connectivity index (χ4n) is 1.62. The molecule has 18 heavy (non-hydrogen) atoms. The first kappa shape index (κ1) is 12.4. The molecule has 0 spiro atoms. The number of aliphatic hydroxyl groups excluding tert-OH is 1. The largest absolute Gasteiger partial charge is 0.396 e. The van der Waals surface area contributed by atoms with Gasteiger partial charge in [-0.2, -0.15) is 0 Å². The standard InChI is InChI=1S/C13H16N4O/c1-17(8-3-9-18)13-6-5-12(15-16-13)11-4-2-7-14-10-11/h2,4-7,10,18H,3,8-9H2,1H3. The molecule has 0 radical (unpaired) electrons. The maximum absolute atomic E-state index is 8.79. The Bertz CT molecular complexity index is 472. The van der Waals surface area contributed by atoms with E-state index in [0.29, 0.717) is 0 Å². The minimum atomic E-state index is 0.186. The second-order valence-electron chi connectivity index (χ2n) is 4.02. The Kier molecular flexibility index (Phi) is 4.20. The first-order chi connectivity index (χ1) is 8.81. The summed E-state index contributed by atoms with van der Waals surface area (Å²) < 4.78 is 0. The van der Waals surface area contributed by atoms with Crippen LogP contribution in [0.2, 0.25) is 0 Å². The van der Waals surface area contributed by atoms with Crippen molar-refractivity contribution in [1.29, 1.82) is 0 Å². The number of aliphatic hydroxyl groups is 1. The van der Waals surface area contributed by atoms with Gasteiger partial charge in [0, 0.05) is 38.2 Å². The minimum Gasteiger partial charge on any atom is -0.396 e. The van der Waals surface area contributed by atoms with Crippen LogP contribution in [-0.4, -0.2) is 40.5 Å². The van der Waals surface area contributed by atoms with Crippen molar-refractivity contribution >= 4 is 5.82 Å². The van der Waals surface area contributed by atoms with Crippen molar-refractivity contribution in [3.63, 3.8) is 0 Å². The van der Waals surface area contributed by atoms with Crippen LogP contribution in [0, 0.1) is 0 Å². The number of aromatic nitrogens is 3. The Hall–Kier alpha value is -2.01. The van der Waals surface area contributed by atoms with E-state index in [0.717, 1.165) is 30.0 Å². The second kappa shape index (κ2) is 6.07. The van der Waals surface area contributed by atoms with Gasteiger partial charge in [0.15, 0.2) is 5.82 Å². The molecule has 0 fully saturated rings. The molecule has 0 aromatic carbocycles. The number of anilines is 1. The molecule has 2 heterocycles. The number of pyridine rings is 1. The van der Waals surface area contributed by atoms with E-state index in [1.54, 1.807) is 12.4 Å². The molecule has 0 bridgehead atoms. The molecule has 2 rings (SSSR count). The molecule has 0 atom stereocenters. The van der Waals surface area contributed by atoms with E-state index < -0.39 is 0 Å². The Morgan fingerprint density at radius 2 is 2.11 bits per heavy atom. The van der Waals surface area contributed by atoms with Crippen LogP contribution in [0.25, 0.3) is 11.3 Å². The number of hydrogen-bond donors (Lipinski definition) is 1. The molecule has 2 aromatic heterocycles. The molecule has 0 aliphatic carbocycles. The van der Waals surface area contributed by atoms with Crippen molar-refractivity contribution in [2.75, 3.05) is 25.1 Å². The summed E-state index contributed by atoms with van der Waals surface area (Å²) in [7, 11) is 1.93. The van der Waals surface area contributed by atoms with Gasteiger partial charge in [-0.25, -0.2) is 0 Å². The highest BCUT2D eigenvalue weighted by Gasteiger charge is 2.04. The van der Waals surface area contributed by atoms with E-state index in [9.17, 15) is 0 Å². The molecule has 0 amide bonds. The van der Waals surface area contributed by atoms with Gasteiger partial charge >= 0.3 is 0 Å². The fraction of sp³-hybridized carbons (Fsp3) is 0.308. The first-order valence-electron chi connectivity index (χ1n) is 5.87. The van der Waals surface area contributed by atoms with Crippen LogP contribution in [0.5, 0.6) is 0 Å². The van der Waals surface area contributed by atoms with Gasteiger partial charge in [0.25, 0.3) is 0 Å². The van der Waals surface area contributed by atoms with Crippen molar-refractivity contribution in [2.24, 2.45) is 0 Å². The van der Waals surface area contributed by atoms with Crippen LogP contribution in [0.3, 0.4) is 0 Å². The third kappa shape index (κ3) is 3.01. The van der Waals surface area contributed by atoms with E-state index in [2.05, 4.69) is 15.2 Å². The lowest BCUT2D eigenvalue weighted by Gasteiger charge is -2.16. The molecule has 5 heteroatoms. The number of nitrogens with zero attached hydrogens (tertiary/aromatic N) is 4. The van der Waals surface area contributed by atoms with Gasteiger partial charge in [-0.1, -0.05) is 0 Å². The molecule has 0 saturated heterocycles. The molecular formula is C13H16N4O. The second-order valence-corrected chi connectivity index (χ2v) is 4.02. The third-order valence-corrected chi connectivity index (χ3v) is 2.65. The quantitative estimate of drug-likeness (QED) is 0.860. The molecule has 2 aromatic rings. The van der Waals surface area contributed by atoms with Crippen LogP contribution in [0.1, 0.15) is 6.42 Å². The molecule has 1 N–H and O–H groups in total. The predicted molar refractivity (Wildman–Crippen MR) is 70.2 cm³/mol. The van der Waals surface area contributed by atoms with Gasteiger partial charge in [0.05, 0.1) is 5.69 Å². The van der Waals surface area contributed by atoms with Gasteiger partial charge in [0.1, 0.15) is 0 Å². The minimum absolute atomic E-state index is 0.186. The van der Waals surface area contributed by atoms with E-state index in [-0.39, 0.29) is 6.61 Å². The van der Waals surface area contributed by atoms with Gasteiger partial charge in [-0.15, -0.1) is 10.2 Å². The van der Waals surface area contributed by atoms with Crippen LogP contribution < -0.4 is 4.90 Å². The van der Waals surface area contributed by atoms with Crippen molar-refractivity contribution in [2.45, 2.75) is 6.42 Å². The molecular weight excluding hydrogens is 228 g/mol. The van der Waals surface area contributed by atoms with Crippen molar-refractivity contribution in [3.05, 3.63) is 36.7 Å². The van der Waals surface area contributed by atoms with E-state index >= 15 is 0 Å². The number of rotatable bonds is 5. The predicted octanol–water partition coefficient (Wildman–Crippen LogP) is 1.36. The van der Waals surface area contributed by atoms with Crippen LogP contribution in [0.15, 0.2) is 36.7 Å². The maximum atomic E-state index is 8.79. The van der Waals surface area contributed by atoms with Gasteiger partial charge in [-0.05, 0) is 30.7 Å². The normalized spacial score (nSPS) is 10.3. The lowest BCUT2D eigenvalue weighted by molar-refractivity contribution is 0.290. The summed E-state index contributed by atoms with van der Waals surface area (Å²) >= 11 is 0. The summed E-state index contributed by atoms with van der Waals surface area (Å²) in [4.78, 5) is 6.02. The maximum Gasteiger partial charge on any atom is 0.151 e. The lowest BCUT2D eigenvalue weighted by Crippen LogP contribution is -2.20. The smallest absolute Gasteiger partial charge is 0.151 e. The van der Waals surface area contributed by atoms with E-state index in [1.165, 1.54) is 0 Å². The average Bonchev–Trinajstić information content (AvgIpc) is 2.46. The van der Waals surface area contributed by atoms with Gasteiger partial charge in [-0.3, -0.25) is 4.98 Å². The highest BCUT2D eigenvalue weighted by Crippen LogP contribution is 2.16. The molecule has 0 aliphatic heterocycles. The summed E-state index contributed by atoms with van der Waals surface area (Å²) in [6.07, 6.45) is 4.22.